The number of nitrogens with one attached hydrogen (secondary N) is 1. The fourth-order valence-corrected chi connectivity index (χ4v) is 2.26. The molecular formula is C14H21BrN2O. The van der Waals surface area contributed by atoms with Gasteiger partial charge in [-0.05, 0) is 39.3 Å². The second-order valence-electron chi connectivity index (χ2n) is 5.17. The number of rotatable bonds is 3. The molecule has 100 valence electrons. The molecule has 1 aromatic carbocycles. The van der Waals surface area contributed by atoms with Crippen molar-refractivity contribution >= 4 is 22.0 Å². The van der Waals surface area contributed by atoms with Crippen LogP contribution in [0.5, 0.6) is 0 Å². The maximum absolute atomic E-state index is 12.1. The lowest BCUT2D eigenvalue weighted by Crippen LogP contribution is -2.50. The van der Waals surface area contributed by atoms with Crippen molar-refractivity contribution in [3.05, 3.63) is 34.3 Å². The maximum Gasteiger partial charge on any atom is 0.318 e. The SMILES string of the molecule is CCN(C(=O)NCc1ccccc1Br)C(C)(C)C. The number of halogens is 1. The highest BCUT2D eigenvalue weighted by Crippen LogP contribution is 2.16. The van der Waals surface area contributed by atoms with Gasteiger partial charge in [0.1, 0.15) is 0 Å². The van der Waals surface area contributed by atoms with Crippen LogP contribution >= 0.6 is 15.9 Å². The number of carbonyl (C=O) groups excluding carboxylic acids is 1. The molecule has 1 aromatic rings. The van der Waals surface area contributed by atoms with Crippen molar-refractivity contribution < 1.29 is 4.79 Å². The number of nitrogens with zero attached hydrogens (tertiary/aromatic N) is 1. The first-order valence-corrected chi connectivity index (χ1v) is 6.94. The van der Waals surface area contributed by atoms with E-state index >= 15 is 0 Å². The molecule has 0 atom stereocenters. The predicted molar refractivity (Wildman–Crippen MR) is 78.5 cm³/mol. The lowest BCUT2D eigenvalue weighted by molar-refractivity contribution is 0.149. The van der Waals surface area contributed by atoms with E-state index in [4.69, 9.17) is 0 Å². The average molecular weight is 313 g/mol. The fourth-order valence-electron chi connectivity index (χ4n) is 1.83. The zero-order valence-electron chi connectivity index (χ0n) is 11.5. The van der Waals surface area contributed by atoms with E-state index in [2.05, 4.69) is 21.2 Å². The van der Waals surface area contributed by atoms with Crippen molar-refractivity contribution in [1.82, 2.24) is 10.2 Å². The minimum Gasteiger partial charge on any atom is -0.334 e. The summed E-state index contributed by atoms with van der Waals surface area (Å²) >= 11 is 3.48. The van der Waals surface area contributed by atoms with Crippen LogP contribution in [-0.2, 0) is 6.54 Å². The van der Waals surface area contributed by atoms with Crippen LogP contribution in [0.1, 0.15) is 33.3 Å². The molecule has 0 aliphatic heterocycles. The number of urea groups is 1. The Labute approximate surface area is 118 Å². The van der Waals surface area contributed by atoms with E-state index in [0.29, 0.717) is 13.1 Å². The molecule has 4 heteroatoms. The Morgan fingerprint density at radius 3 is 2.44 bits per heavy atom. The third-order valence-electron chi connectivity index (χ3n) is 2.76. The van der Waals surface area contributed by atoms with Gasteiger partial charge in [-0.1, -0.05) is 34.1 Å². The van der Waals surface area contributed by atoms with E-state index in [9.17, 15) is 4.79 Å². The van der Waals surface area contributed by atoms with Crippen molar-refractivity contribution in [3.8, 4) is 0 Å². The van der Waals surface area contributed by atoms with E-state index in [1.54, 1.807) is 0 Å². The average Bonchev–Trinajstić information content (AvgIpc) is 2.27. The van der Waals surface area contributed by atoms with Crippen molar-refractivity contribution in [2.75, 3.05) is 6.54 Å². The maximum atomic E-state index is 12.1. The highest BCUT2D eigenvalue weighted by atomic mass is 79.9. The monoisotopic (exact) mass is 312 g/mol. The Balaban J connectivity index is 2.64. The second-order valence-corrected chi connectivity index (χ2v) is 6.02. The van der Waals surface area contributed by atoms with Crippen LogP contribution in [0.4, 0.5) is 4.79 Å². The Morgan fingerprint density at radius 2 is 1.94 bits per heavy atom. The molecule has 0 aliphatic rings. The zero-order valence-corrected chi connectivity index (χ0v) is 13.0. The van der Waals surface area contributed by atoms with Gasteiger partial charge in [-0.25, -0.2) is 4.79 Å². The Morgan fingerprint density at radius 1 is 1.33 bits per heavy atom. The van der Waals surface area contributed by atoms with Crippen LogP contribution in [0.15, 0.2) is 28.7 Å². The highest BCUT2D eigenvalue weighted by molar-refractivity contribution is 9.10. The van der Waals surface area contributed by atoms with Gasteiger partial charge in [0.15, 0.2) is 0 Å². The standard InChI is InChI=1S/C14H21BrN2O/c1-5-17(14(2,3)4)13(18)16-10-11-8-6-7-9-12(11)15/h6-9H,5,10H2,1-4H3,(H,16,18). The predicted octanol–water partition coefficient (Wildman–Crippen LogP) is 3.78. The van der Waals surface area contributed by atoms with E-state index in [0.717, 1.165) is 10.0 Å². The number of hydrogen-bond donors (Lipinski definition) is 1. The molecule has 0 heterocycles. The Kier molecular flexibility index (Phi) is 5.20. The Hall–Kier alpha value is -1.03. The van der Waals surface area contributed by atoms with Gasteiger partial charge in [-0.3, -0.25) is 0 Å². The molecule has 0 aliphatic carbocycles. The summed E-state index contributed by atoms with van der Waals surface area (Å²) in [5.74, 6) is 0. The fraction of sp³-hybridized carbons (Fsp3) is 0.500. The van der Waals surface area contributed by atoms with Gasteiger partial charge in [-0.2, -0.15) is 0 Å². The van der Waals surface area contributed by atoms with Gasteiger partial charge < -0.3 is 10.2 Å². The van der Waals surface area contributed by atoms with Gasteiger partial charge in [0.05, 0.1) is 0 Å². The van der Waals surface area contributed by atoms with Crippen LogP contribution < -0.4 is 5.32 Å². The zero-order chi connectivity index (χ0) is 13.8. The smallest absolute Gasteiger partial charge is 0.318 e. The minimum atomic E-state index is -0.160. The molecule has 0 unspecified atom stereocenters. The molecule has 3 nitrogen and oxygen atoms in total. The third-order valence-corrected chi connectivity index (χ3v) is 3.53. The lowest BCUT2D eigenvalue weighted by Gasteiger charge is -2.34. The summed E-state index contributed by atoms with van der Waals surface area (Å²) in [5.41, 5.74) is 0.919. The van der Waals surface area contributed by atoms with Crippen LogP contribution in [0, 0.1) is 0 Å². The van der Waals surface area contributed by atoms with Gasteiger partial charge in [0.25, 0.3) is 0 Å². The molecule has 0 saturated carbocycles. The largest absolute Gasteiger partial charge is 0.334 e. The highest BCUT2D eigenvalue weighted by Gasteiger charge is 2.24. The first-order valence-electron chi connectivity index (χ1n) is 6.15. The third kappa shape index (κ3) is 4.02. The molecule has 0 aromatic heterocycles. The molecule has 0 bridgehead atoms. The van der Waals surface area contributed by atoms with E-state index < -0.39 is 0 Å². The molecule has 2 amide bonds. The summed E-state index contributed by atoms with van der Waals surface area (Å²) in [6.07, 6.45) is 0. The van der Waals surface area contributed by atoms with Gasteiger partial charge >= 0.3 is 6.03 Å². The summed E-state index contributed by atoms with van der Waals surface area (Å²) in [4.78, 5) is 13.9. The van der Waals surface area contributed by atoms with Crippen molar-refractivity contribution in [2.45, 2.75) is 39.8 Å². The van der Waals surface area contributed by atoms with Gasteiger partial charge in [0, 0.05) is 23.1 Å². The van der Waals surface area contributed by atoms with Crippen LogP contribution in [0.25, 0.3) is 0 Å². The number of carbonyl (C=O) groups is 1. The molecule has 1 rings (SSSR count). The van der Waals surface area contributed by atoms with E-state index in [1.807, 2.05) is 56.9 Å². The minimum absolute atomic E-state index is 0.0271. The molecule has 0 radical (unpaired) electrons. The normalized spacial score (nSPS) is 11.2. The summed E-state index contributed by atoms with van der Waals surface area (Å²) < 4.78 is 1.02. The van der Waals surface area contributed by atoms with Crippen molar-refractivity contribution in [2.24, 2.45) is 0 Å². The summed E-state index contributed by atoms with van der Waals surface area (Å²) in [5, 5.41) is 2.95. The molecular weight excluding hydrogens is 292 g/mol. The lowest BCUT2D eigenvalue weighted by atomic mass is 10.1. The van der Waals surface area contributed by atoms with Crippen molar-refractivity contribution in [3.63, 3.8) is 0 Å². The number of amides is 2. The molecule has 1 N–H and O–H groups in total. The number of hydrogen-bond acceptors (Lipinski definition) is 1. The van der Waals surface area contributed by atoms with Crippen LogP contribution in [0.3, 0.4) is 0 Å². The molecule has 0 spiro atoms. The second kappa shape index (κ2) is 6.23. The van der Waals surface area contributed by atoms with Crippen LogP contribution in [-0.4, -0.2) is 23.0 Å². The first kappa shape index (κ1) is 15.0. The van der Waals surface area contributed by atoms with E-state index in [1.165, 1.54) is 0 Å². The first-order chi connectivity index (χ1) is 8.36. The van der Waals surface area contributed by atoms with Crippen LogP contribution in [0.2, 0.25) is 0 Å². The molecule has 18 heavy (non-hydrogen) atoms. The summed E-state index contributed by atoms with van der Waals surface area (Å²) in [6.45, 7) is 9.33. The van der Waals surface area contributed by atoms with Crippen molar-refractivity contribution in [1.29, 1.82) is 0 Å². The quantitative estimate of drug-likeness (QED) is 0.905. The van der Waals surface area contributed by atoms with Gasteiger partial charge in [0.2, 0.25) is 0 Å². The van der Waals surface area contributed by atoms with Gasteiger partial charge in [-0.15, -0.1) is 0 Å². The summed E-state index contributed by atoms with van der Waals surface area (Å²) in [6, 6.07) is 7.87. The number of benzene rings is 1. The molecule has 0 fully saturated rings. The van der Waals surface area contributed by atoms with E-state index in [-0.39, 0.29) is 11.6 Å². The summed E-state index contributed by atoms with van der Waals surface area (Å²) in [7, 11) is 0. The molecule has 0 saturated heterocycles. The Bertz CT molecular complexity index is 413. The topological polar surface area (TPSA) is 32.3 Å².